The molecule has 0 radical (unpaired) electrons. The molecule has 6 heteroatoms. The minimum absolute atomic E-state index is 0.0625. The molecule has 1 saturated heterocycles. The molecule has 1 fully saturated rings. The minimum Gasteiger partial charge on any atom is -0.438 e. The molecular formula is C16H19N3O3. The molecule has 1 aromatic carbocycles. The fraction of sp³-hybridized carbons (Fsp3) is 0.375. The molecule has 3 rings (SSSR count). The zero-order chi connectivity index (χ0) is 15.2. The van der Waals surface area contributed by atoms with E-state index in [1.165, 1.54) is 0 Å². The molecule has 0 bridgehead atoms. The maximum atomic E-state index is 5.75. The van der Waals surface area contributed by atoms with E-state index in [4.69, 9.17) is 14.2 Å². The third kappa shape index (κ3) is 3.79. The van der Waals surface area contributed by atoms with Crippen LogP contribution in [0.4, 0.5) is 0 Å². The summed E-state index contributed by atoms with van der Waals surface area (Å²) in [5.41, 5.74) is 1.86. The number of benzene rings is 1. The molecule has 0 unspecified atom stereocenters. The molecule has 1 N–H and O–H groups in total. The van der Waals surface area contributed by atoms with Gasteiger partial charge >= 0.3 is 0 Å². The first-order valence-electron chi connectivity index (χ1n) is 7.27. The first-order valence-corrected chi connectivity index (χ1v) is 7.27. The van der Waals surface area contributed by atoms with Crippen LogP contribution in [0.5, 0.6) is 11.6 Å². The summed E-state index contributed by atoms with van der Waals surface area (Å²) < 4.78 is 16.5. The van der Waals surface area contributed by atoms with Crippen molar-refractivity contribution in [2.24, 2.45) is 0 Å². The molecule has 2 heterocycles. The van der Waals surface area contributed by atoms with Crippen molar-refractivity contribution < 1.29 is 14.2 Å². The Kier molecular flexibility index (Phi) is 4.95. The van der Waals surface area contributed by atoms with E-state index in [2.05, 4.69) is 15.5 Å². The number of hydrogen-bond donors (Lipinski definition) is 1. The second-order valence-electron chi connectivity index (χ2n) is 5.03. The Bertz CT molecular complexity index is 598. The molecule has 0 amide bonds. The second kappa shape index (κ2) is 7.31. The zero-order valence-corrected chi connectivity index (χ0v) is 12.5. The van der Waals surface area contributed by atoms with Gasteiger partial charge < -0.3 is 19.5 Å². The molecule has 0 saturated carbocycles. The van der Waals surface area contributed by atoms with Crippen LogP contribution in [0.15, 0.2) is 36.4 Å². The smallest absolute Gasteiger partial charge is 0.238 e. The SMILES string of the molecule is COCc1ccc(Oc2cccc([C@@H]3CNCCO3)c2)nn1. The van der Waals surface area contributed by atoms with Crippen molar-refractivity contribution >= 4 is 0 Å². The maximum absolute atomic E-state index is 5.75. The van der Waals surface area contributed by atoms with Gasteiger partial charge in [-0.1, -0.05) is 12.1 Å². The Morgan fingerprint density at radius 1 is 1.27 bits per heavy atom. The van der Waals surface area contributed by atoms with Crippen LogP contribution in [-0.2, 0) is 16.1 Å². The topological polar surface area (TPSA) is 65.5 Å². The monoisotopic (exact) mass is 301 g/mol. The van der Waals surface area contributed by atoms with Crippen molar-refractivity contribution in [3.05, 3.63) is 47.7 Å². The summed E-state index contributed by atoms with van der Waals surface area (Å²) in [6.07, 6.45) is 0.0625. The number of methoxy groups -OCH3 is 1. The fourth-order valence-corrected chi connectivity index (χ4v) is 2.31. The van der Waals surface area contributed by atoms with E-state index < -0.39 is 0 Å². The Labute approximate surface area is 129 Å². The summed E-state index contributed by atoms with van der Waals surface area (Å²) in [7, 11) is 1.62. The van der Waals surface area contributed by atoms with E-state index in [-0.39, 0.29) is 6.10 Å². The molecule has 0 spiro atoms. The molecule has 0 aliphatic carbocycles. The molecule has 22 heavy (non-hydrogen) atoms. The summed E-state index contributed by atoms with van der Waals surface area (Å²) in [6, 6.07) is 11.5. The van der Waals surface area contributed by atoms with Crippen molar-refractivity contribution in [1.82, 2.24) is 15.5 Å². The third-order valence-corrected chi connectivity index (χ3v) is 3.37. The number of nitrogens with zero attached hydrogens (tertiary/aromatic N) is 2. The maximum Gasteiger partial charge on any atom is 0.238 e. The first-order chi connectivity index (χ1) is 10.8. The average molecular weight is 301 g/mol. The highest BCUT2D eigenvalue weighted by Gasteiger charge is 2.16. The van der Waals surface area contributed by atoms with E-state index in [1.807, 2.05) is 30.3 Å². The zero-order valence-electron chi connectivity index (χ0n) is 12.5. The number of ether oxygens (including phenoxy) is 3. The van der Waals surface area contributed by atoms with E-state index in [9.17, 15) is 0 Å². The molecule has 1 atom stereocenters. The quantitative estimate of drug-likeness (QED) is 0.912. The van der Waals surface area contributed by atoms with E-state index in [0.717, 1.165) is 36.7 Å². The van der Waals surface area contributed by atoms with Crippen LogP contribution in [0.1, 0.15) is 17.4 Å². The van der Waals surface area contributed by atoms with Gasteiger partial charge in [-0.05, 0) is 23.8 Å². The third-order valence-electron chi connectivity index (χ3n) is 3.37. The lowest BCUT2D eigenvalue weighted by molar-refractivity contribution is 0.0276. The summed E-state index contributed by atoms with van der Waals surface area (Å²) >= 11 is 0. The predicted molar refractivity (Wildman–Crippen MR) is 80.8 cm³/mol. The van der Waals surface area contributed by atoms with E-state index in [0.29, 0.717) is 12.5 Å². The normalized spacial score (nSPS) is 18.1. The Balaban J connectivity index is 1.69. The lowest BCUT2D eigenvalue weighted by atomic mass is 10.1. The molecule has 2 aromatic rings. The molecule has 1 aromatic heterocycles. The number of aromatic nitrogens is 2. The minimum atomic E-state index is 0.0625. The van der Waals surface area contributed by atoms with Gasteiger partial charge in [-0.25, -0.2) is 0 Å². The highest BCUT2D eigenvalue weighted by atomic mass is 16.5. The number of rotatable bonds is 5. The Hall–Kier alpha value is -2.02. The second-order valence-corrected chi connectivity index (χ2v) is 5.03. The van der Waals surface area contributed by atoms with Gasteiger partial charge in [-0.15, -0.1) is 10.2 Å². The first kappa shape index (κ1) is 14.9. The van der Waals surface area contributed by atoms with Gasteiger partial charge in [0.05, 0.1) is 25.0 Å². The number of morpholine rings is 1. The summed E-state index contributed by atoms with van der Waals surface area (Å²) in [6.45, 7) is 2.88. The largest absolute Gasteiger partial charge is 0.438 e. The highest BCUT2D eigenvalue weighted by Crippen LogP contribution is 2.25. The van der Waals surface area contributed by atoms with Crippen LogP contribution in [-0.4, -0.2) is 37.0 Å². The van der Waals surface area contributed by atoms with Gasteiger partial charge in [0, 0.05) is 26.3 Å². The van der Waals surface area contributed by atoms with Gasteiger partial charge in [0.25, 0.3) is 0 Å². The summed E-state index contributed by atoms with van der Waals surface area (Å²) in [5, 5.41) is 11.4. The molecule has 116 valence electrons. The van der Waals surface area contributed by atoms with Gasteiger partial charge in [0.15, 0.2) is 0 Å². The Morgan fingerprint density at radius 3 is 2.95 bits per heavy atom. The fourth-order valence-electron chi connectivity index (χ4n) is 2.31. The van der Waals surface area contributed by atoms with Gasteiger partial charge in [0.2, 0.25) is 5.88 Å². The van der Waals surface area contributed by atoms with Crippen molar-refractivity contribution in [2.45, 2.75) is 12.7 Å². The summed E-state index contributed by atoms with van der Waals surface area (Å²) in [4.78, 5) is 0. The van der Waals surface area contributed by atoms with Crippen LogP contribution in [0.2, 0.25) is 0 Å². The van der Waals surface area contributed by atoms with Crippen molar-refractivity contribution in [2.75, 3.05) is 26.8 Å². The summed E-state index contributed by atoms with van der Waals surface area (Å²) in [5.74, 6) is 1.18. The average Bonchev–Trinajstić information content (AvgIpc) is 2.58. The van der Waals surface area contributed by atoms with Crippen LogP contribution in [0, 0.1) is 0 Å². The molecule has 1 aliphatic rings. The van der Waals surface area contributed by atoms with Crippen LogP contribution >= 0.6 is 0 Å². The van der Waals surface area contributed by atoms with Crippen LogP contribution in [0.25, 0.3) is 0 Å². The Morgan fingerprint density at radius 2 is 2.23 bits per heavy atom. The van der Waals surface area contributed by atoms with Gasteiger partial charge in [0.1, 0.15) is 5.75 Å². The highest BCUT2D eigenvalue weighted by molar-refractivity contribution is 5.33. The lowest BCUT2D eigenvalue weighted by Crippen LogP contribution is -2.33. The number of nitrogens with one attached hydrogen (secondary N) is 1. The van der Waals surface area contributed by atoms with Gasteiger partial charge in [-0.3, -0.25) is 0 Å². The molecule has 1 aliphatic heterocycles. The standard InChI is InChI=1S/C16H19N3O3/c1-20-11-13-5-6-16(19-18-13)22-14-4-2-3-12(9-14)15-10-17-7-8-21-15/h2-6,9,15,17H,7-8,10-11H2,1H3/t15-/m0/s1. The van der Waals surface area contributed by atoms with Crippen molar-refractivity contribution in [3.63, 3.8) is 0 Å². The van der Waals surface area contributed by atoms with Crippen molar-refractivity contribution in [1.29, 1.82) is 0 Å². The van der Waals surface area contributed by atoms with Crippen LogP contribution in [0.3, 0.4) is 0 Å². The molecular weight excluding hydrogens is 282 g/mol. The van der Waals surface area contributed by atoms with E-state index in [1.54, 1.807) is 13.2 Å². The van der Waals surface area contributed by atoms with Crippen LogP contribution < -0.4 is 10.1 Å². The molecule has 6 nitrogen and oxygen atoms in total. The van der Waals surface area contributed by atoms with Gasteiger partial charge in [-0.2, -0.15) is 0 Å². The van der Waals surface area contributed by atoms with E-state index >= 15 is 0 Å². The van der Waals surface area contributed by atoms with Crippen molar-refractivity contribution in [3.8, 4) is 11.6 Å². The number of hydrogen-bond acceptors (Lipinski definition) is 6. The predicted octanol–water partition coefficient (Wildman–Crippen LogP) is 2.08. The lowest BCUT2D eigenvalue weighted by Gasteiger charge is -2.24.